The van der Waals surface area contributed by atoms with E-state index in [1.807, 2.05) is 0 Å². The van der Waals surface area contributed by atoms with Gasteiger partial charge in [-0.2, -0.15) is 0 Å². The van der Waals surface area contributed by atoms with E-state index in [9.17, 15) is 0 Å². The summed E-state index contributed by atoms with van der Waals surface area (Å²) < 4.78 is 0. The molecule has 0 aliphatic heterocycles. The molecule has 0 aromatic heterocycles. The van der Waals surface area contributed by atoms with Gasteiger partial charge in [0.15, 0.2) is 0 Å². The molecule has 2 aliphatic carbocycles. The predicted octanol–water partition coefficient (Wildman–Crippen LogP) is 6.24. The Labute approximate surface area is 134 Å². The number of aryl methyl sites for hydroxylation is 2. The molecule has 1 saturated carbocycles. The van der Waals surface area contributed by atoms with Crippen molar-refractivity contribution in [1.29, 1.82) is 0 Å². The summed E-state index contributed by atoms with van der Waals surface area (Å²) in [4.78, 5) is 0. The van der Waals surface area contributed by atoms with Crippen LogP contribution >= 0.6 is 0 Å². The molecule has 2 aromatic carbocycles. The summed E-state index contributed by atoms with van der Waals surface area (Å²) in [5.41, 5.74) is 8.97. The van der Waals surface area contributed by atoms with E-state index in [1.165, 1.54) is 47.9 Å². The zero-order valence-corrected chi connectivity index (χ0v) is 14.0. The smallest absolute Gasteiger partial charge is 0.0133 e. The van der Waals surface area contributed by atoms with E-state index in [-0.39, 0.29) is 0 Å². The maximum atomic E-state index is 2.48. The molecule has 0 radical (unpaired) electrons. The molecule has 0 N–H and O–H groups in total. The average molecular weight is 290 g/mol. The molecule has 4 rings (SSSR count). The van der Waals surface area contributed by atoms with E-state index in [4.69, 9.17) is 0 Å². The van der Waals surface area contributed by atoms with Gasteiger partial charge in [0.05, 0.1) is 0 Å². The van der Waals surface area contributed by atoms with Gasteiger partial charge in [0.1, 0.15) is 0 Å². The first-order valence-electron chi connectivity index (χ1n) is 8.86. The van der Waals surface area contributed by atoms with Crippen molar-refractivity contribution >= 4 is 0 Å². The van der Waals surface area contributed by atoms with Crippen LogP contribution < -0.4 is 0 Å². The Morgan fingerprint density at radius 3 is 1.86 bits per heavy atom. The van der Waals surface area contributed by atoms with Gasteiger partial charge in [-0.1, -0.05) is 73.7 Å². The molecule has 2 aromatic rings. The minimum atomic E-state index is 0.625. The molecule has 0 bridgehead atoms. The molecular formula is C22H26. The standard InChI is InChI=1S/C22H26/c1-14-8-10-18-19-11-9-15(2)13-21(19)22(20(18)12-14)17-7-5-4-6-16(17)3/h8-13,16-17,22H,4-7H2,1-3H3. The summed E-state index contributed by atoms with van der Waals surface area (Å²) in [7, 11) is 0. The second-order valence-corrected chi connectivity index (χ2v) is 7.58. The van der Waals surface area contributed by atoms with Crippen molar-refractivity contribution < 1.29 is 0 Å². The first-order chi connectivity index (χ1) is 10.6. The fraction of sp³-hybridized carbons (Fsp3) is 0.455. The third-order valence-electron chi connectivity index (χ3n) is 5.98. The van der Waals surface area contributed by atoms with Crippen LogP contribution in [-0.4, -0.2) is 0 Å². The molecule has 22 heavy (non-hydrogen) atoms. The lowest BCUT2D eigenvalue weighted by atomic mass is 9.70. The lowest BCUT2D eigenvalue weighted by Gasteiger charge is -2.34. The lowest BCUT2D eigenvalue weighted by molar-refractivity contribution is 0.234. The molecule has 0 heterocycles. The third kappa shape index (κ3) is 2.12. The number of hydrogen-bond donors (Lipinski definition) is 0. The van der Waals surface area contributed by atoms with Crippen LogP contribution in [0.3, 0.4) is 0 Å². The average Bonchev–Trinajstić information content (AvgIpc) is 2.80. The van der Waals surface area contributed by atoms with Crippen molar-refractivity contribution in [3.63, 3.8) is 0 Å². The summed E-state index contributed by atoms with van der Waals surface area (Å²) in [6.07, 6.45) is 5.63. The normalized spacial score (nSPS) is 24.1. The zero-order valence-electron chi connectivity index (χ0n) is 14.0. The molecule has 2 atom stereocenters. The third-order valence-corrected chi connectivity index (χ3v) is 5.98. The number of fused-ring (bicyclic) bond motifs is 3. The maximum Gasteiger partial charge on any atom is 0.0133 e. The molecule has 114 valence electrons. The molecule has 0 heteroatoms. The Bertz CT molecular complexity index is 658. The van der Waals surface area contributed by atoms with E-state index < -0.39 is 0 Å². The van der Waals surface area contributed by atoms with Crippen molar-refractivity contribution in [2.75, 3.05) is 0 Å². The van der Waals surface area contributed by atoms with Crippen molar-refractivity contribution in [2.45, 2.75) is 52.4 Å². The molecule has 0 saturated heterocycles. The van der Waals surface area contributed by atoms with Crippen LogP contribution in [0.15, 0.2) is 36.4 Å². The first kappa shape index (κ1) is 14.1. The summed E-state index contributed by atoms with van der Waals surface area (Å²) in [5, 5.41) is 0. The topological polar surface area (TPSA) is 0 Å². The molecule has 2 aliphatic rings. The summed E-state index contributed by atoms with van der Waals surface area (Å²) >= 11 is 0. The molecule has 0 spiro atoms. The number of benzene rings is 2. The predicted molar refractivity (Wildman–Crippen MR) is 94.3 cm³/mol. The Kier molecular flexibility index (Phi) is 3.36. The molecule has 0 amide bonds. The van der Waals surface area contributed by atoms with E-state index in [0.717, 1.165) is 11.8 Å². The van der Waals surface area contributed by atoms with Gasteiger partial charge in [0, 0.05) is 5.92 Å². The lowest BCUT2D eigenvalue weighted by Crippen LogP contribution is -2.23. The van der Waals surface area contributed by atoms with Crippen LogP contribution in [0.25, 0.3) is 11.1 Å². The van der Waals surface area contributed by atoms with Crippen LogP contribution in [0.4, 0.5) is 0 Å². The van der Waals surface area contributed by atoms with E-state index in [0.29, 0.717) is 5.92 Å². The SMILES string of the molecule is Cc1ccc2c(c1)C(C1CCCCC1C)c1cc(C)ccc1-2. The van der Waals surface area contributed by atoms with Gasteiger partial charge in [0.2, 0.25) is 0 Å². The summed E-state index contributed by atoms with van der Waals surface area (Å²) in [6.45, 7) is 6.94. The Balaban J connectivity index is 1.90. The van der Waals surface area contributed by atoms with E-state index in [2.05, 4.69) is 57.2 Å². The van der Waals surface area contributed by atoms with Gasteiger partial charge in [0.25, 0.3) is 0 Å². The highest BCUT2D eigenvalue weighted by atomic mass is 14.4. The van der Waals surface area contributed by atoms with E-state index >= 15 is 0 Å². The molecule has 1 fully saturated rings. The fourth-order valence-corrected chi connectivity index (χ4v) is 4.84. The Hall–Kier alpha value is -1.56. The fourth-order valence-electron chi connectivity index (χ4n) is 4.84. The number of hydrogen-bond acceptors (Lipinski definition) is 0. The van der Waals surface area contributed by atoms with Gasteiger partial charge in [-0.05, 0) is 54.4 Å². The Morgan fingerprint density at radius 2 is 1.32 bits per heavy atom. The van der Waals surface area contributed by atoms with Crippen molar-refractivity contribution in [3.8, 4) is 11.1 Å². The summed E-state index contributed by atoms with van der Waals surface area (Å²) in [6, 6.07) is 14.2. The van der Waals surface area contributed by atoms with Gasteiger partial charge >= 0.3 is 0 Å². The number of rotatable bonds is 1. The van der Waals surface area contributed by atoms with Crippen LogP contribution in [0.2, 0.25) is 0 Å². The van der Waals surface area contributed by atoms with E-state index in [1.54, 1.807) is 11.1 Å². The molecule has 2 unspecified atom stereocenters. The second kappa shape index (κ2) is 5.26. The van der Waals surface area contributed by atoms with Gasteiger partial charge < -0.3 is 0 Å². The summed E-state index contributed by atoms with van der Waals surface area (Å²) in [5.74, 6) is 2.29. The van der Waals surface area contributed by atoms with Crippen LogP contribution in [-0.2, 0) is 0 Å². The Morgan fingerprint density at radius 1 is 0.773 bits per heavy atom. The van der Waals surface area contributed by atoms with Crippen molar-refractivity contribution in [2.24, 2.45) is 11.8 Å². The molecular weight excluding hydrogens is 264 g/mol. The van der Waals surface area contributed by atoms with Gasteiger partial charge in [-0.15, -0.1) is 0 Å². The van der Waals surface area contributed by atoms with Gasteiger partial charge in [-0.25, -0.2) is 0 Å². The van der Waals surface area contributed by atoms with Crippen LogP contribution in [0.1, 0.15) is 60.8 Å². The highest BCUT2D eigenvalue weighted by molar-refractivity contribution is 5.79. The minimum Gasteiger partial charge on any atom is -0.0622 e. The highest BCUT2D eigenvalue weighted by Crippen LogP contribution is 2.53. The first-order valence-corrected chi connectivity index (χ1v) is 8.86. The maximum absolute atomic E-state index is 2.48. The highest BCUT2D eigenvalue weighted by Gasteiger charge is 2.37. The largest absolute Gasteiger partial charge is 0.0622 e. The quantitative estimate of drug-likeness (QED) is 0.583. The van der Waals surface area contributed by atoms with Crippen molar-refractivity contribution in [3.05, 3.63) is 58.7 Å². The second-order valence-electron chi connectivity index (χ2n) is 7.58. The molecule has 0 nitrogen and oxygen atoms in total. The van der Waals surface area contributed by atoms with Gasteiger partial charge in [-0.3, -0.25) is 0 Å². The van der Waals surface area contributed by atoms with Crippen LogP contribution in [0.5, 0.6) is 0 Å². The minimum absolute atomic E-state index is 0.625. The van der Waals surface area contributed by atoms with Crippen LogP contribution in [0, 0.1) is 25.7 Å². The zero-order chi connectivity index (χ0) is 15.3. The van der Waals surface area contributed by atoms with Crippen molar-refractivity contribution in [1.82, 2.24) is 0 Å². The monoisotopic (exact) mass is 290 g/mol.